The second-order valence-electron chi connectivity index (χ2n) is 10.5. The first kappa shape index (κ1) is 25.9. The smallest absolute Gasteiger partial charge is 0.257 e. The SMILES string of the molecule is CSN(C)c1ccc(CN2CC(CN)C2)cc1C(=O)Nc1ccc(SN2CCC(C3CC3)CC2)cc1. The lowest BCUT2D eigenvalue weighted by Crippen LogP contribution is -2.49. The number of nitrogens with one attached hydrogen (secondary N) is 1. The van der Waals surface area contributed by atoms with Gasteiger partial charge in [0.2, 0.25) is 0 Å². The van der Waals surface area contributed by atoms with Crippen molar-refractivity contribution in [3.05, 3.63) is 53.6 Å². The molecular weight excluding hydrogens is 486 g/mol. The topological polar surface area (TPSA) is 64.8 Å². The van der Waals surface area contributed by atoms with Crippen LogP contribution in [0.15, 0.2) is 47.4 Å². The molecule has 2 aliphatic heterocycles. The van der Waals surface area contributed by atoms with E-state index in [1.165, 1.54) is 43.7 Å². The molecule has 8 heteroatoms. The number of benzene rings is 2. The Morgan fingerprint density at radius 1 is 1.06 bits per heavy atom. The number of amides is 1. The largest absolute Gasteiger partial charge is 0.330 e. The summed E-state index contributed by atoms with van der Waals surface area (Å²) in [6.45, 7) is 6.02. The van der Waals surface area contributed by atoms with Gasteiger partial charge in [-0.1, -0.05) is 18.0 Å². The van der Waals surface area contributed by atoms with Gasteiger partial charge in [-0.25, -0.2) is 4.31 Å². The number of carbonyl (C=O) groups excluding carboxylic acids is 1. The molecule has 0 spiro atoms. The zero-order chi connectivity index (χ0) is 25.1. The van der Waals surface area contributed by atoms with Gasteiger partial charge in [-0.2, -0.15) is 0 Å². The molecule has 1 amide bonds. The fourth-order valence-corrected chi connectivity index (χ4v) is 6.71. The van der Waals surface area contributed by atoms with Crippen molar-refractivity contribution in [2.45, 2.75) is 37.1 Å². The van der Waals surface area contributed by atoms with E-state index in [0.717, 1.165) is 55.0 Å². The number of nitrogens with two attached hydrogens (primary N) is 1. The number of rotatable bonds is 10. The third kappa shape index (κ3) is 6.40. The molecular formula is C28H39N5OS2. The number of hydrogen-bond acceptors (Lipinski definition) is 7. The Bertz CT molecular complexity index is 1030. The van der Waals surface area contributed by atoms with E-state index in [9.17, 15) is 4.79 Å². The Morgan fingerprint density at radius 3 is 2.39 bits per heavy atom. The van der Waals surface area contributed by atoms with Crippen LogP contribution in [-0.4, -0.2) is 61.1 Å². The predicted octanol–water partition coefficient (Wildman–Crippen LogP) is 5.17. The van der Waals surface area contributed by atoms with E-state index in [-0.39, 0.29) is 5.91 Å². The van der Waals surface area contributed by atoms with Crippen LogP contribution in [0.2, 0.25) is 0 Å². The van der Waals surface area contributed by atoms with Gasteiger partial charge in [0.05, 0.1) is 11.3 Å². The number of piperidine rings is 1. The van der Waals surface area contributed by atoms with Gasteiger partial charge in [0, 0.05) is 56.6 Å². The summed E-state index contributed by atoms with van der Waals surface area (Å²) in [5, 5.41) is 3.13. The zero-order valence-corrected chi connectivity index (χ0v) is 23.1. The van der Waals surface area contributed by atoms with E-state index in [2.05, 4.69) is 38.8 Å². The highest BCUT2D eigenvalue weighted by molar-refractivity contribution is 7.99. The molecule has 0 atom stereocenters. The molecule has 5 rings (SSSR count). The second-order valence-corrected chi connectivity index (χ2v) is 12.6. The van der Waals surface area contributed by atoms with Crippen molar-refractivity contribution in [1.82, 2.24) is 9.21 Å². The molecule has 1 saturated carbocycles. The van der Waals surface area contributed by atoms with Crippen LogP contribution in [0.3, 0.4) is 0 Å². The number of hydrogen-bond donors (Lipinski definition) is 2. The molecule has 0 aromatic heterocycles. The van der Waals surface area contributed by atoms with Gasteiger partial charge in [0.25, 0.3) is 5.91 Å². The lowest BCUT2D eigenvalue weighted by atomic mass is 9.93. The van der Waals surface area contributed by atoms with E-state index in [1.807, 2.05) is 47.8 Å². The van der Waals surface area contributed by atoms with Gasteiger partial charge in [-0.15, -0.1) is 0 Å². The standard InChI is InChI=1S/C28H39N5OS2/c1-31(35-2)27-10-3-20(17-32-18-21(16-29)19-32)15-26(27)28(34)30-24-6-8-25(9-7-24)36-33-13-11-23(12-14-33)22-4-5-22/h3,6-10,15,21-23H,4-5,11-14,16-19,29H2,1-2H3,(H,30,34). The molecule has 3 aliphatic rings. The predicted molar refractivity (Wildman–Crippen MR) is 153 cm³/mol. The van der Waals surface area contributed by atoms with Crippen molar-refractivity contribution in [2.24, 2.45) is 23.5 Å². The molecule has 0 radical (unpaired) electrons. The van der Waals surface area contributed by atoms with Crippen LogP contribution in [-0.2, 0) is 6.54 Å². The number of carbonyl (C=O) groups is 1. The van der Waals surface area contributed by atoms with Gasteiger partial charge >= 0.3 is 0 Å². The zero-order valence-electron chi connectivity index (χ0n) is 21.5. The molecule has 3 N–H and O–H groups in total. The van der Waals surface area contributed by atoms with Gasteiger partial charge in [-0.05, 0) is 104 Å². The Morgan fingerprint density at radius 2 is 1.75 bits per heavy atom. The molecule has 2 saturated heterocycles. The molecule has 2 aromatic carbocycles. The molecule has 2 aromatic rings. The number of nitrogens with zero attached hydrogens (tertiary/aromatic N) is 3. The third-order valence-corrected chi connectivity index (χ3v) is 9.68. The highest BCUT2D eigenvalue weighted by Crippen LogP contribution is 2.43. The monoisotopic (exact) mass is 525 g/mol. The fraction of sp³-hybridized carbons (Fsp3) is 0.536. The van der Waals surface area contributed by atoms with Crippen LogP contribution < -0.4 is 15.4 Å². The summed E-state index contributed by atoms with van der Waals surface area (Å²) in [7, 11) is 2.00. The van der Waals surface area contributed by atoms with Crippen LogP contribution >= 0.6 is 23.9 Å². The first-order valence-electron chi connectivity index (χ1n) is 13.2. The second kappa shape index (κ2) is 11.8. The summed E-state index contributed by atoms with van der Waals surface area (Å²) in [6.07, 6.45) is 7.61. The summed E-state index contributed by atoms with van der Waals surface area (Å²) in [5.41, 5.74) is 9.39. The van der Waals surface area contributed by atoms with Gasteiger partial charge < -0.3 is 15.4 Å². The maximum absolute atomic E-state index is 13.4. The average molecular weight is 526 g/mol. The molecule has 0 bridgehead atoms. The minimum Gasteiger partial charge on any atom is -0.330 e. The molecule has 194 valence electrons. The van der Waals surface area contributed by atoms with Gasteiger partial charge in [0.15, 0.2) is 0 Å². The number of anilines is 2. The fourth-order valence-electron chi connectivity index (χ4n) is 5.40. The lowest BCUT2D eigenvalue weighted by molar-refractivity contribution is 0.0976. The first-order valence-corrected chi connectivity index (χ1v) is 15.2. The summed E-state index contributed by atoms with van der Waals surface area (Å²) < 4.78 is 4.54. The summed E-state index contributed by atoms with van der Waals surface area (Å²) in [5.74, 6) is 2.52. The average Bonchev–Trinajstić information content (AvgIpc) is 3.72. The minimum absolute atomic E-state index is 0.0706. The minimum atomic E-state index is -0.0706. The molecule has 36 heavy (non-hydrogen) atoms. The van der Waals surface area contributed by atoms with E-state index in [1.54, 1.807) is 11.9 Å². The van der Waals surface area contributed by atoms with Crippen molar-refractivity contribution < 1.29 is 4.79 Å². The van der Waals surface area contributed by atoms with Crippen molar-refractivity contribution in [3.8, 4) is 0 Å². The maximum atomic E-state index is 13.4. The third-order valence-electron chi connectivity index (χ3n) is 7.82. The maximum Gasteiger partial charge on any atom is 0.257 e. The molecule has 3 fully saturated rings. The van der Waals surface area contributed by atoms with Gasteiger partial charge in [0.1, 0.15) is 0 Å². The molecule has 6 nitrogen and oxygen atoms in total. The normalized spacial score (nSPS) is 19.8. The Hall–Kier alpha value is -1.71. The molecule has 2 heterocycles. The van der Waals surface area contributed by atoms with Crippen molar-refractivity contribution in [2.75, 3.05) is 55.6 Å². The highest BCUT2D eigenvalue weighted by Gasteiger charge is 2.33. The van der Waals surface area contributed by atoms with Crippen LogP contribution in [0.25, 0.3) is 0 Å². The summed E-state index contributed by atoms with van der Waals surface area (Å²) in [4.78, 5) is 17.0. The van der Waals surface area contributed by atoms with E-state index in [0.29, 0.717) is 11.5 Å². The Kier molecular flexibility index (Phi) is 8.48. The van der Waals surface area contributed by atoms with Crippen LogP contribution in [0.5, 0.6) is 0 Å². The Balaban J connectivity index is 1.20. The van der Waals surface area contributed by atoms with Crippen molar-refractivity contribution in [1.29, 1.82) is 0 Å². The molecule has 1 aliphatic carbocycles. The quantitative estimate of drug-likeness (QED) is 0.415. The van der Waals surface area contributed by atoms with E-state index < -0.39 is 0 Å². The molecule has 0 unspecified atom stereocenters. The first-order chi connectivity index (χ1) is 17.5. The number of likely N-dealkylation sites (tertiary alicyclic amines) is 1. The van der Waals surface area contributed by atoms with E-state index >= 15 is 0 Å². The van der Waals surface area contributed by atoms with Crippen LogP contribution in [0.1, 0.15) is 41.6 Å². The van der Waals surface area contributed by atoms with E-state index in [4.69, 9.17) is 5.73 Å². The van der Waals surface area contributed by atoms with Crippen LogP contribution in [0.4, 0.5) is 11.4 Å². The lowest BCUT2D eigenvalue weighted by Gasteiger charge is -2.38. The van der Waals surface area contributed by atoms with Crippen LogP contribution in [0, 0.1) is 17.8 Å². The Labute approximate surface area is 224 Å². The van der Waals surface area contributed by atoms with Gasteiger partial charge in [-0.3, -0.25) is 9.69 Å². The summed E-state index contributed by atoms with van der Waals surface area (Å²) in [6, 6.07) is 14.5. The van der Waals surface area contributed by atoms with Crippen molar-refractivity contribution >= 4 is 41.2 Å². The highest BCUT2D eigenvalue weighted by atomic mass is 32.2. The van der Waals surface area contributed by atoms with Crippen molar-refractivity contribution in [3.63, 3.8) is 0 Å². The summed E-state index contributed by atoms with van der Waals surface area (Å²) >= 11 is 3.45.